The molecule has 1 N–H and O–H groups in total. The maximum absolute atomic E-state index is 9.49. The summed E-state index contributed by atoms with van der Waals surface area (Å²) in [5, 5.41) is 9.49. The van der Waals surface area contributed by atoms with E-state index in [1.807, 2.05) is 18.2 Å². The minimum absolute atomic E-state index is 0.308. The largest absolute Gasteiger partial charge is 0.508 e. The molecule has 0 bridgehead atoms. The summed E-state index contributed by atoms with van der Waals surface area (Å²) in [6.45, 7) is 2.15. The van der Waals surface area contributed by atoms with Gasteiger partial charge >= 0.3 is 0 Å². The van der Waals surface area contributed by atoms with Crippen molar-refractivity contribution in [1.82, 2.24) is 0 Å². The summed E-state index contributed by atoms with van der Waals surface area (Å²) in [6, 6.07) is 7.27. The highest BCUT2D eigenvalue weighted by Gasteiger charge is 2.06. The van der Waals surface area contributed by atoms with Gasteiger partial charge in [-0.1, -0.05) is 18.2 Å². The van der Waals surface area contributed by atoms with E-state index in [1.165, 1.54) is 0 Å². The Hall–Kier alpha value is -1.06. The molecule has 1 rings (SSSR count). The molecule has 0 aliphatic carbocycles. The summed E-state index contributed by atoms with van der Waals surface area (Å²) in [4.78, 5) is 0. The van der Waals surface area contributed by atoms with E-state index in [1.54, 1.807) is 6.07 Å². The molecule has 0 aromatic heterocycles. The molecule has 0 fully saturated rings. The fraction of sp³-hybridized carbons (Fsp3) is 0.500. The first-order valence-electron chi connectivity index (χ1n) is 5.14. The smallest absolute Gasteiger partial charge is 0.121 e. The number of quaternary nitrogens is 1. The summed E-state index contributed by atoms with van der Waals surface area (Å²) in [6.07, 6.45) is 0. The van der Waals surface area contributed by atoms with Gasteiger partial charge in [0.25, 0.3) is 0 Å². The van der Waals surface area contributed by atoms with Crippen LogP contribution in [0.1, 0.15) is 5.56 Å². The van der Waals surface area contributed by atoms with Crippen LogP contribution in [0.5, 0.6) is 5.75 Å². The van der Waals surface area contributed by atoms with Crippen molar-refractivity contribution in [3.63, 3.8) is 0 Å². The highest BCUT2D eigenvalue weighted by Crippen LogP contribution is 2.16. The number of ether oxygens (including phenoxy) is 1. The van der Waals surface area contributed by atoms with Gasteiger partial charge in [-0.2, -0.15) is 0 Å². The Morgan fingerprint density at radius 1 is 1.20 bits per heavy atom. The minimum Gasteiger partial charge on any atom is -0.508 e. The Labute approximate surface area is 91.5 Å². The molecule has 1 aromatic carbocycles. The van der Waals surface area contributed by atoms with Gasteiger partial charge in [0.05, 0.1) is 34.4 Å². The third-order valence-electron chi connectivity index (χ3n) is 2.16. The average molecular weight is 210 g/mol. The van der Waals surface area contributed by atoms with Gasteiger partial charge in [0.15, 0.2) is 0 Å². The van der Waals surface area contributed by atoms with Crippen molar-refractivity contribution in [2.45, 2.75) is 6.61 Å². The number of aromatic hydroxyl groups is 1. The van der Waals surface area contributed by atoms with Gasteiger partial charge in [-0.25, -0.2) is 0 Å². The average Bonchev–Trinajstić information content (AvgIpc) is 2.13. The molecule has 3 nitrogen and oxygen atoms in total. The topological polar surface area (TPSA) is 29.5 Å². The van der Waals surface area contributed by atoms with E-state index in [-0.39, 0.29) is 0 Å². The van der Waals surface area contributed by atoms with Crippen LogP contribution in [0.4, 0.5) is 0 Å². The second kappa shape index (κ2) is 5.14. The zero-order valence-electron chi connectivity index (χ0n) is 9.73. The second-order valence-corrected chi connectivity index (χ2v) is 4.70. The lowest BCUT2D eigenvalue weighted by Gasteiger charge is -2.23. The Kier molecular flexibility index (Phi) is 4.12. The molecule has 0 saturated heterocycles. The first-order valence-corrected chi connectivity index (χ1v) is 5.14. The predicted octanol–water partition coefficient (Wildman–Crippen LogP) is 1.61. The maximum atomic E-state index is 9.49. The van der Waals surface area contributed by atoms with Gasteiger partial charge in [-0.05, 0) is 6.07 Å². The van der Waals surface area contributed by atoms with Gasteiger partial charge in [0, 0.05) is 5.56 Å². The number of nitrogens with zero attached hydrogens (tertiary/aromatic N) is 1. The SMILES string of the molecule is C[N+](C)(C)CCOCc1ccccc1O. The van der Waals surface area contributed by atoms with E-state index in [9.17, 15) is 5.11 Å². The van der Waals surface area contributed by atoms with Crippen LogP contribution in [-0.4, -0.2) is 43.9 Å². The summed E-state index contributed by atoms with van der Waals surface area (Å²) < 4.78 is 6.39. The lowest BCUT2D eigenvalue weighted by Crippen LogP contribution is -2.37. The zero-order valence-corrected chi connectivity index (χ0v) is 9.73. The van der Waals surface area contributed by atoms with Crippen LogP contribution >= 0.6 is 0 Å². The predicted molar refractivity (Wildman–Crippen MR) is 60.7 cm³/mol. The van der Waals surface area contributed by atoms with Crippen molar-refractivity contribution >= 4 is 0 Å². The van der Waals surface area contributed by atoms with Gasteiger partial charge in [-0.3, -0.25) is 0 Å². The normalized spacial score (nSPS) is 11.7. The van der Waals surface area contributed by atoms with Crippen molar-refractivity contribution in [2.75, 3.05) is 34.3 Å². The Balaban J connectivity index is 2.30. The summed E-state index contributed by atoms with van der Waals surface area (Å²) >= 11 is 0. The van der Waals surface area contributed by atoms with Crippen molar-refractivity contribution < 1.29 is 14.3 Å². The van der Waals surface area contributed by atoms with Crippen molar-refractivity contribution in [2.24, 2.45) is 0 Å². The molecule has 0 aliphatic rings. The van der Waals surface area contributed by atoms with E-state index in [4.69, 9.17) is 4.74 Å². The van der Waals surface area contributed by atoms with Crippen LogP contribution in [0.3, 0.4) is 0 Å². The van der Waals surface area contributed by atoms with Gasteiger partial charge < -0.3 is 14.3 Å². The van der Waals surface area contributed by atoms with Crippen LogP contribution in [-0.2, 0) is 11.3 Å². The monoisotopic (exact) mass is 210 g/mol. The Bertz CT molecular complexity index is 305. The molecule has 0 aliphatic heterocycles. The highest BCUT2D eigenvalue weighted by molar-refractivity contribution is 5.30. The fourth-order valence-corrected chi connectivity index (χ4v) is 1.15. The first-order chi connectivity index (χ1) is 6.99. The third kappa shape index (κ3) is 4.81. The fourth-order valence-electron chi connectivity index (χ4n) is 1.15. The Morgan fingerprint density at radius 3 is 2.47 bits per heavy atom. The molecule has 84 valence electrons. The van der Waals surface area contributed by atoms with E-state index in [0.717, 1.165) is 16.6 Å². The number of phenols is 1. The molecule has 0 heterocycles. The molecule has 1 aromatic rings. The molecule has 0 spiro atoms. The van der Waals surface area contributed by atoms with Crippen molar-refractivity contribution in [1.29, 1.82) is 0 Å². The number of hydrogen-bond donors (Lipinski definition) is 1. The van der Waals surface area contributed by atoms with E-state index in [0.29, 0.717) is 19.0 Å². The Morgan fingerprint density at radius 2 is 1.87 bits per heavy atom. The quantitative estimate of drug-likeness (QED) is 0.591. The molecule has 0 radical (unpaired) electrons. The van der Waals surface area contributed by atoms with Crippen LogP contribution in [0.2, 0.25) is 0 Å². The first kappa shape index (κ1) is 12.0. The standard InChI is InChI=1S/C12H19NO2/c1-13(2,3)8-9-15-10-11-6-4-5-7-12(11)14/h4-7H,8-10H2,1-3H3/p+1. The summed E-state index contributed by atoms with van der Waals surface area (Å²) in [5.74, 6) is 0.308. The van der Waals surface area contributed by atoms with E-state index >= 15 is 0 Å². The van der Waals surface area contributed by atoms with E-state index in [2.05, 4.69) is 21.1 Å². The highest BCUT2D eigenvalue weighted by atomic mass is 16.5. The molecule has 3 heteroatoms. The van der Waals surface area contributed by atoms with Gasteiger partial charge in [0.2, 0.25) is 0 Å². The summed E-state index contributed by atoms with van der Waals surface area (Å²) in [5.41, 5.74) is 0.846. The van der Waals surface area contributed by atoms with Crippen molar-refractivity contribution in [3.8, 4) is 5.75 Å². The van der Waals surface area contributed by atoms with Crippen LogP contribution in [0.15, 0.2) is 24.3 Å². The van der Waals surface area contributed by atoms with Crippen LogP contribution in [0, 0.1) is 0 Å². The number of hydrogen-bond acceptors (Lipinski definition) is 2. The van der Waals surface area contributed by atoms with Gasteiger partial charge in [0.1, 0.15) is 12.3 Å². The van der Waals surface area contributed by atoms with Crippen LogP contribution < -0.4 is 0 Å². The number of rotatable bonds is 5. The number of phenolic OH excluding ortho intramolecular Hbond substituents is 1. The molecular formula is C12H20NO2+. The molecule has 15 heavy (non-hydrogen) atoms. The summed E-state index contributed by atoms with van der Waals surface area (Å²) in [7, 11) is 6.38. The van der Waals surface area contributed by atoms with Gasteiger partial charge in [-0.15, -0.1) is 0 Å². The van der Waals surface area contributed by atoms with Crippen LogP contribution in [0.25, 0.3) is 0 Å². The third-order valence-corrected chi connectivity index (χ3v) is 2.16. The number of benzene rings is 1. The number of para-hydroxylation sites is 1. The molecule has 0 unspecified atom stereocenters. The lowest BCUT2D eigenvalue weighted by molar-refractivity contribution is -0.870. The van der Waals surface area contributed by atoms with E-state index < -0.39 is 0 Å². The molecule has 0 atom stereocenters. The molecule has 0 saturated carbocycles. The second-order valence-electron chi connectivity index (χ2n) is 4.70. The lowest BCUT2D eigenvalue weighted by atomic mass is 10.2. The molecule has 0 amide bonds. The minimum atomic E-state index is 0.308. The molecular weight excluding hydrogens is 190 g/mol. The zero-order chi connectivity index (χ0) is 11.3. The number of likely N-dealkylation sites (N-methyl/N-ethyl adjacent to an activating group) is 1. The van der Waals surface area contributed by atoms with Crippen molar-refractivity contribution in [3.05, 3.63) is 29.8 Å². The maximum Gasteiger partial charge on any atom is 0.121 e.